The highest BCUT2D eigenvalue weighted by atomic mass is 19.1. The molecular formula is C7H4FO4-. The van der Waals surface area contributed by atoms with E-state index in [4.69, 9.17) is 10.2 Å². The Morgan fingerprint density at radius 3 is 2.50 bits per heavy atom. The zero-order valence-corrected chi connectivity index (χ0v) is 5.74. The number of rotatable bonds is 1. The van der Waals surface area contributed by atoms with E-state index in [2.05, 4.69) is 0 Å². The van der Waals surface area contributed by atoms with E-state index in [9.17, 15) is 14.3 Å². The van der Waals surface area contributed by atoms with Gasteiger partial charge in [-0.05, 0) is 6.07 Å². The molecule has 2 N–H and O–H groups in total. The van der Waals surface area contributed by atoms with E-state index < -0.39 is 28.8 Å². The van der Waals surface area contributed by atoms with Crippen LogP contribution in [0.4, 0.5) is 4.39 Å². The lowest BCUT2D eigenvalue weighted by Gasteiger charge is -2.10. The van der Waals surface area contributed by atoms with Gasteiger partial charge < -0.3 is 15.3 Å². The van der Waals surface area contributed by atoms with Gasteiger partial charge in [0.05, 0.1) is 5.56 Å². The Kier molecular flexibility index (Phi) is 1.86. The summed E-state index contributed by atoms with van der Waals surface area (Å²) in [5.41, 5.74) is -0.809. The topological polar surface area (TPSA) is 80.6 Å². The van der Waals surface area contributed by atoms with Crippen molar-refractivity contribution in [3.05, 3.63) is 23.5 Å². The van der Waals surface area contributed by atoms with Gasteiger partial charge in [0.1, 0.15) is 11.6 Å². The Morgan fingerprint density at radius 1 is 1.50 bits per heavy atom. The highest BCUT2D eigenvalue weighted by Gasteiger charge is 2.11. The van der Waals surface area contributed by atoms with E-state index in [1.54, 1.807) is 0 Å². The highest BCUT2D eigenvalue weighted by molar-refractivity contribution is 5.93. The second kappa shape index (κ2) is 2.69. The SMILES string of the molecule is O=C(O)c1c([O-])cc(F)cc1O. The number of hydrogen-bond donors (Lipinski definition) is 2. The molecule has 0 aliphatic heterocycles. The van der Waals surface area contributed by atoms with E-state index in [1.807, 2.05) is 0 Å². The molecular weight excluding hydrogens is 167 g/mol. The van der Waals surface area contributed by atoms with E-state index in [-0.39, 0.29) is 0 Å². The zero-order chi connectivity index (χ0) is 9.30. The maximum Gasteiger partial charge on any atom is 0.338 e. The number of phenols is 1. The molecule has 1 aromatic carbocycles. The lowest BCUT2D eigenvalue weighted by Crippen LogP contribution is -2.04. The van der Waals surface area contributed by atoms with E-state index >= 15 is 0 Å². The first-order valence-corrected chi connectivity index (χ1v) is 2.95. The van der Waals surface area contributed by atoms with Crippen molar-refractivity contribution in [1.29, 1.82) is 0 Å². The quantitative estimate of drug-likeness (QED) is 0.636. The van der Waals surface area contributed by atoms with Crippen LogP contribution >= 0.6 is 0 Å². The van der Waals surface area contributed by atoms with Crippen LogP contribution in [-0.2, 0) is 0 Å². The lowest BCUT2D eigenvalue weighted by molar-refractivity contribution is -0.269. The molecule has 0 fully saturated rings. The number of aromatic hydroxyl groups is 1. The van der Waals surface area contributed by atoms with Gasteiger partial charge in [0, 0.05) is 6.07 Å². The van der Waals surface area contributed by atoms with Gasteiger partial charge in [-0.15, -0.1) is 0 Å². The van der Waals surface area contributed by atoms with Crippen LogP contribution in [0.25, 0.3) is 0 Å². The third-order valence-corrected chi connectivity index (χ3v) is 1.26. The molecule has 4 nitrogen and oxygen atoms in total. The van der Waals surface area contributed by atoms with Crippen molar-refractivity contribution in [3.63, 3.8) is 0 Å². The molecule has 1 rings (SSSR count). The third kappa shape index (κ3) is 1.29. The Balaban J connectivity index is 3.38. The Hall–Kier alpha value is -1.78. The molecule has 0 radical (unpaired) electrons. The summed E-state index contributed by atoms with van der Waals surface area (Å²) in [6.07, 6.45) is 0. The first-order chi connectivity index (χ1) is 5.52. The number of aromatic carboxylic acids is 1. The zero-order valence-electron chi connectivity index (χ0n) is 5.74. The molecule has 0 aromatic heterocycles. The molecule has 0 atom stereocenters. The number of hydrogen-bond acceptors (Lipinski definition) is 3. The first-order valence-electron chi connectivity index (χ1n) is 2.95. The van der Waals surface area contributed by atoms with E-state index in [0.29, 0.717) is 12.1 Å². The predicted octanol–water partition coefficient (Wildman–Crippen LogP) is 0.303. The minimum Gasteiger partial charge on any atom is -0.872 e. The van der Waals surface area contributed by atoms with Gasteiger partial charge in [0.15, 0.2) is 0 Å². The minimum absolute atomic E-state index is 0.503. The molecule has 0 aliphatic rings. The molecule has 0 bridgehead atoms. The van der Waals surface area contributed by atoms with Crippen LogP contribution in [0, 0.1) is 5.82 Å². The molecule has 0 spiro atoms. The van der Waals surface area contributed by atoms with E-state index in [1.165, 1.54) is 0 Å². The lowest BCUT2D eigenvalue weighted by atomic mass is 10.2. The van der Waals surface area contributed by atoms with Gasteiger partial charge in [0.25, 0.3) is 0 Å². The van der Waals surface area contributed by atoms with Crippen LogP contribution in [0.15, 0.2) is 12.1 Å². The van der Waals surface area contributed by atoms with Crippen molar-refractivity contribution in [2.45, 2.75) is 0 Å². The Labute approximate surface area is 66.5 Å². The van der Waals surface area contributed by atoms with Crippen LogP contribution in [-0.4, -0.2) is 16.2 Å². The fraction of sp³-hybridized carbons (Fsp3) is 0. The molecule has 0 heterocycles. The summed E-state index contributed by atoms with van der Waals surface area (Å²) < 4.78 is 12.3. The number of halogens is 1. The van der Waals surface area contributed by atoms with Crippen molar-refractivity contribution >= 4 is 5.97 Å². The summed E-state index contributed by atoms with van der Waals surface area (Å²) in [6, 6.07) is 1.08. The summed E-state index contributed by atoms with van der Waals surface area (Å²) in [5.74, 6) is -4.42. The van der Waals surface area contributed by atoms with Gasteiger partial charge in [-0.3, -0.25) is 0 Å². The van der Waals surface area contributed by atoms with Crippen LogP contribution < -0.4 is 5.11 Å². The molecule has 0 unspecified atom stereocenters. The maximum absolute atomic E-state index is 12.3. The summed E-state index contributed by atoms with van der Waals surface area (Å²) in [6.45, 7) is 0. The van der Waals surface area contributed by atoms with Crippen molar-refractivity contribution in [1.82, 2.24) is 0 Å². The highest BCUT2D eigenvalue weighted by Crippen LogP contribution is 2.25. The average Bonchev–Trinajstić information content (AvgIpc) is 1.82. The summed E-state index contributed by atoms with van der Waals surface area (Å²) in [5, 5.41) is 27.9. The first kappa shape index (κ1) is 8.32. The Morgan fingerprint density at radius 2 is 2.08 bits per heavy atom. The van der Waals surface area contributed by atoms with Crippen LogP contribution in [0.3, 0.4) is 0 Å². The molecule has 0 saturated carbocycles. The van der Waals surface area contributed by atoms with Gasteiger partial charge >= 0.3 is 5.97 Å². The van der Waals surface area contributed by atoms with Crippen molar-refractivity contribution in [2.75, 3.05) is 0 Å². The molecule has 0 amide bonds. The van der Waals surface area contributed by atoms with Crippen LogP contribution in [0.5, 0.6) is 11.5 Å². The number of carbonyl (C=O) groups is 1. The van der Waals surface area contributed by atoms with Crippen molar-refractivity contribution < 1.29 is 24.5 Å². The second-order valence-electron chi connectivity index (χ2n) is 2.10. The van der Waals surface area contributed by atoms with E-state index in [0.717, 1.165) is 0 Å². The monoisotopic (exact) mass is 171 g/mol. The van der Waals surface area contributed by atoms with Crippen molar-refractivity contribution in [3.8, 4) is 11.5 Å². The fourth-order valence-electron chi connectivity index (χ4n) is 0.783. The van der Waals surface area contributed by atoms with Crippen molar-refractivity contribution in [2.24, 2.45) is 0 Å². The fourth-order valence-corrected chi connectivity index (χ4v) is 0.783. The molecule has 64 valence electrons. The largest absolute Gasteiger partial charge is 0.872 e. The Bertz CT molecular complexity index is 311. The smallest absolute Gasteiger partial charge is 0.338 e. The van der Waals surface area contributed by atoms with Crippen LogP contribution in [0.2, 0.25) is 0 Å². The van der Waals surface area contributed by atoms with Gasteiger partial charge in [-0.25, -0.2) is 9.18 Å². The standard InChI is InChI=1S/C7H5FO4/c8-3-1-4(9)6(7(11)12)5(10)2-3/h1-2,9-10H,(H,11,12)/p-1. The molecule has 0 aliphatic carbocycles. The summed E-state index contributed by atoms with van der Waals surface area (Å²) >= 11 is 0. The summed E-state index contributed by atoms with van der Waals surface area (Å²) in [4.78, 5) is 10.3. The third-order valence-electron chi connectivity index (χ3n) is 1.26. The molecule has 0 saturated heterocycles. The van der Waals surface area contributed by atoms with Gasteiger partial charge in [-0.2, -0.15) is 0 Å². The summed E-state index contributed by atoms with van der Waals surface area (Å²) in [7, 11) is 0. The number of carboxylic acids is 1. The average molecular weight is 171 g/mol. The normalized spacial score (nSPS) is 9.75. The number of carboxylic acid groups (broad SMARTS) is 1. The predicted molar refractivity (Wildman–Crippen MR) is 34.5 cm³/mol. The van der Waals surface area contributed by atoms with Gasteiger partial charge in [0.2, 0.25) is 0 Å². The molecule has 5 heteroatoms. The number of benzene rings is 1. The maximum atomic E-state index is 12.3. The second-order valence-corrected chi connectivity index (χ2v) is 2.10. The van der Waals surface area contributed by atoms with Crippen LogP contribution in [0.1, 0.15) is 10.4 Å². The van der Waals surface area contributed by atoms with Gasteiger partial charge in [-0.1, -0.05) is 5.75 Å². The molecule has 12 heavy (non-hydrogen) atoms. The minimum atomic E-state index is -1.57. The molecule has 1 aromatic rings.